The van der Waals surface area contributed by atoms with Crippen molar-refractivity contribution in [3.8, 4) is 0 Å². The van der Waals surface area contributed by atoms with Gasteiger partial charge in [0.2, 0.25) is 0 Å². The molecular formula is C26H23ClN4O3. The molecule has 1 fully saturated rings. The maximum absolute atomic E-state index is 12.8. The number of fused-ring (bicyclic) bond motifs is 1. The number of nitrogens with one attached hydrogen (secondary N) is 1. The van der Waals surface area contributed by atoms with E-state index in [9.17, 15) is 9.59 Å². The van der Waals surface area contributed by atoms with Crippen molar-refractivity contribution in [2.24, 2.45) is 0 Å². The summed E-state index contributed by atoms with van der Waals surface area (Å²) in [7, 11) is 0. The van der Waals surface area contributed by atoms with Gasteiger partial charge in [0.1, 0.15) is 5.82 Å². The van der Waals surface area contributed by atoms with Crippen molar-refractivity contribution < 1.29 is 14.0 Å². The minimum Gasteiger partial charge on any atom is -0.459 e. The molecule has 1 N–H and O–H groups in total. The van der Waals surface area contributed by atoms with E-state index in [0.717, 1.165) is 22.2 Å². The molecule has 34 heavy (non-hydrogen) atoms. The molecule has 0 radical (unpaired) electrons. The Kier molecular flexibility index (Phi) is 6.18. The SMILES string of the molecule is O=C(NCc1cccc(Cl)c1)c1ccc2ccnc(N3CCN(C(=O)c4ccco4)CC3)c2c1. The lowest BCUT2D eigenvalue weighted by Crippen LogP contribution is -2.49. The van der Waals surface area contributed by atoms with Crippen molar-refractivity contribution in [3.05, 3.63) is 95.0 Å². The van der Waals surface area contributed by atoms with Gasteiger partial charge in [-0.25, -0.2) is 4.98 Å². The zero-order valence-corrected chi connectivity index (χ0v) is 19.2. The second-order valence-corrected chi connectivity index (χ2v) is 8.58. The van der Waals surface area contributed by atoms with Gasteiger partial charge in [-0.3, -0.25) is 9.59 Å². The fourth-order valence-corrected chi connectivity index (χ4v) is 4.37. The van der Waals surface area contributed by atoms with Crippen LogP contribution in [0, 0.1) is 0 Å². The topological polar surface area (TPSA) is 78.7 Å². The Morgan fingerprint density at radius 1 is 1.00 bits per heavy atom. The molecule has 1 saturated heterocycles. The molecular weight excluding hydrogens is 452 g/mol. The Morgan fingerprint density at radius 3 is 2.62 bits per heavy atom. The first-order valence-electron chi connectivity index (χ1n) is 11.1. The van der Waals surface area contributed by atoms with Crippen molar-refractivity contribution in [1.82, 2.24) is 15.2 Å². The number of nitrogens with zero attached hydrogens (tertiary/aromatic N) is 3. The zero-order valence-electron chi connectivity index (χ0n) is 18.4. The Bertz CT molecular complexity index is 1330. The minimum atomic E-state index is -0.162. The zero-order chi connectivity index (χ0) is 23.5. The maximum atomic E-state index is 12.8. The fraction of sp³-hybridized carbons (Fsp3) is 0.192. The third-order valence-electron chi connectivity index (χ3n) is 5.95. The summed E-state index contributed by atoms with van der Waals surface area (Å²) in [4.78, 5) is 34.0. The molecule has 1 aliphatic heterocycles. The predicted octanol–water partition coefficient (Wildman–Crippen LogP) is 4.37. The first-order chi connectivity index (χ1) is 16.6. The third-order valence-corrected chi connectivity index (χ3v) is 6.18. The molecule has 0 bridgehead atoms. The van der Waals surface area contributed by atoms with Crippen LogP contribution in [0.3, 0.4) is 0 Å². The molecule has 0 aliphatic carbocycles. The standard InChI is InChI=1S/C26H23ClN4O3/c27-21-4-1-3-18(15-21)17-29-25(32)20-7-6-19-8-9-28-24(22(19)16-20)30-10-12-31(13-11-30)26(33)23-5-2-14-34-23/h1-9,14-16H,10-13,17H2,(H,29,32). The molecule has 5 rings (SSSR count). The maximum Gasteiger partial charge on any atom is 0.289 e. The number of aromatic nitrogens is 1. The van der Waals surface area contributed by atoms with Crippen LogP contribution in [0.1, 0.15) is 26.5 Å². The highest BCUT2D eigenvalue weighted by molar-refractivity contribution is 6.30. The number of halogens is 1. The van der Waals surface area contributed by atoms with Gasteiger partial charge in [0.25, 0.3) is 11.8 Å². The van der Waals surface area contributed by atoms with Crippen molar-refractivity contribution >= 4 is 40.0 Å². The number of hydrogen-bond acceptors (Lipinski definition) is 5. The van der Waals surface area contributed by atoms with Crippen LogP contribution in [0.4, 0.5) is 5.82 Å². The highest BCUT2D eigenvalue weighted by Gasteiger charge is 2.25. The number of anilines is 1. The van der Waals surface area contributed by atoms with Gasteiger partial charge in [-0.15, -0.1) is 0 Å². The monoisotopic (exact) mass is 474 g/mol. The molecule has 0 unspecified atom stereocenters. The fourth-order valence-electron chi connectivity index (χ4n) is 4.15. The summed E-state index contributed by atoms with van der Waals surface area (Å²) in [6, 6.07) is 18.4. The van der Waals surface area contributed by atoms with Crippen LogP contribution in [0.5, 0.6) is 0 Å². The lowest BCUT2D eigenvalue weighted by atomic mass is 10.1. The van der Waals surface area contributed by atoms with Gasteiger partial charge in [0.15, 0.2) is 5.76 Å². The van der Waals surface area contributed by atoms with Crippen molar-refractivity contribution in [2.75, 3.05) is 31.1 Å². The van der Waals surface area contributed by atoms with Crippen molar-refractivity contribution in [2.45, 2.75) is 6.54 Å². The molecule has 0 spiro atoms. The van der Waals surface area contributed by atoms with E-state index < -0.39 is 0 Å². The van der Waals surface area contributed by atoms with Crippen LogP contribution >= 0.6 is 11.6 Å². The van der Waals surface area contributed by atoms with E-state index >= 15 is 0 Å². The second-order valence-electron chi connectivity index (χ2n) is 8.14. The molecule has 0 saturated carbocycles. The van der Waals surface area contributed by atoms with Gasteiger partial charge in [0.05, 0.1) is 6.26 Å². The van der Waals surface area contributed by atoms with Crippen molar-refractivity contribution in [1.29, 1.82) is 0 Å². The number of rotatable bonds is 5. The van der Waals surface area contributed by atoms with Gasteiger partial charge in [-0.05, 0) is 53.4 Å². The van der Waals surface area contributed by atoms with Gasteiger partial charge < -0.3 is 19.5 Å². The van der Waals surface area contributed by atoms with E-state index in [0.29, 0.717) is 49.1 Å². The highest BCUT2D eigenvalue weighted by Crippen LogP contribution is 2.27. The summed E-state index contributed by atoms with van der Waals surface area (Å²) < 4.78 is 5.25. The largest absolute Gasteiger partial charge is 0.459 e. The summed E-state index contributed by atoms with van der Waals surface area (Å²) >= 11 is 6.04. The Balaban J connectivity index is 1.31. The molecule has 8 heteroatoms. The Hall–Kier alpha value is -3.84. The number of hydrogen-bond donors (Lipinski definition) is 1. The second kappa shape index (κ2) is 9.57. The van der Waals surface area contributed by atoms with E-state index in [4.69, 9.17) is 16.0 Å². The van der Waals surface area contributed by atoms with Gasteiger partial charge in [0, 0.05) is 54.9 Å². The molecule has 1 aliphatic rings. The van der Waals surface area contributed by atoms with Gasteiger partial charge in [-0.1, -0.05) is 29.8 Å². The predicted molar refractivity (Wildman–Crippen MR) is 131 cm³/mol. The summed E-state index contributed by atoms with van der Waals surface area (Å²) in [6.07, 6.45) is 3.28. The Morgan fingerprint density at radius 2 is 1.85 bits per heavy atom. The van der Waals surface area contributed by atoms with Crippen LogP contribution in [-0.2, 0) is 6.54 Å². The number of furan rings is 1. The van der Waals surface area contributed by atoms with Crippen LogP contribution in [0.2, 0.25) is 5.02 Å². The quantitative estimate of drug-likeness (QED) is 0.464. The average Bonchev–Trinajstić information content (AvgIpc) is 3.41. The Labute approximate surface area is 201 Å². The van der Waals surface area contributed by atoms with E-state index in [1.165, 1.54) is 6.26 Å². The molecule has 0 atom stereocenters. The van der Waals surface area contributed by atoms with E-state index in [-0.39, 0.29) is 11.8 Å². The number of pyridine rings is 1. The molecule has 2 aromatic heterocycles. The van der Waals surface area contributed by atoms with Crippen LogP contribution in [0.15, 0.2) is 77.5 Å². The number of piperazine rings is 1. The molecule has 172 valence electrons. The van der Waals surface area contributed by atoms with Crippen LogP contribution in [0.25, 0.3) is 10.8 Å². The normalized spacial score (nSPS) is 13.8. The molecule has 4 aromatic rings. The lowest BCUT2D eigenvalue weighted by Gasteiger charge is -2.35. The lowest BCUT2D eigenvalue weighted by molar-refractivity contribution is 0.0714. The van der Waals surface area contributed by atoms with E-state index in [2.05, 4.69) is 15.2 Å². The molecule has 7 nitrogen and oxygen atoms in total. The van der Waals surface area contributed by atoms with Crippen molar-refractivity contribution in [3.63, 3.8) is 0 Å². The molecule has 2 aromatic carbocycles. The third kappa shape index (κ3) is 4.61. The van der Waals surface area contributed by atoms with Gasteiger partial charge in [-0.2, -0.15) is 0 Å². The number of amides is 2. The number of carbonyl (C=O) groups excluding carboxylic acids is 2. The number of carbonyl (C=O) groups is 2. The van der Waals surface area contributed by atoms with Crippen LogP contribution < -0.4 is 10.2 Å². The summed E-state index contributed by atoms with van der Waals surface area (Å²) in [5.41, 5.74) is 1.50. The summed E-state index contributed by atoms with van der Waals surface area (Å²) in [5.74, 6) is 0.900. The average molecular weight is 475 g/mol. The number of benzene rings is 2. The highest BCUT2D eigenvalue weighted by atomic mass is 35.5. The smallest absolute Gasteiger partial charge is 0.289 e. The van der Waals surface area contributed by atoms with Crippen LogP contribution in [-0.4, -0.2) is 47.9 Å². The summed E-state index contributed by atoms with van der Waals surface area (Å²) in [5, 5.41) is 5.50. The van der Waals surface area contributed by atoms with Gasteiger partial charge >= 0.3 is 0 Å². The van der Waals surface area contributed by atoms with E-state index in [1.807, 2.05) is 42.5 Å². The molecule has 2 amide bonds. The van der Waals surface area contributed by atoms with E-state index in [1.54, 1.807) is 29.3 Å². The first-order valence-corrected chi connectivity index (χ1v) is 11.5. The first kappa shape index (κ1) is 22.0. The minimum absolute atomic E-state index is 0.103. The molecule has 3 heterocycles. The summed E-state index contributed by atoms with van der Waals surface area (Å²) in [6.45, 7) is 2.81.